The summed E-state index contributed by atoms with van der Waals surface area (Å²) in [6.45, 7) is 9.79. The summed E-state index contributed by atoms with van der Waals surface area (Å²) in [5, 5.41) is 3.46. The molecular weight excluding hydrogens is 242 g/mol. The molecule has 0 saturated heterocycles. The van der Waals surface area contributed by atoms with Crippen molar-refractivity contribution in [2.24, 2.45) is 0 Å². The van der Waals surface area contributed by atoms with E-state index in [0.29, 0.717) is 6.04 Å². The molecule has 0 bridgehead atoms. The first kappa shape index (κ1) is 14.8. The van der Waals surface area contributed by atoms with Crippen LogP contribution in [0.4, 0.5) is 0 Å². The molecule has 2 aromatic rings. The van der Waals surface area contributed by atoms with Crippen molar-refractivity contribution in [3.63, 3.8) is 0 Å². The first-order valence-corrected chi connectivity index (χ1v) is 7.50. The van der Waals surface area contributed by atoms with Crippen LogP contribution in [0.15, 0.2) is 42.5 Å². The summed E-state index contributed by atoms with van der Waals surface area (Å²) in [4.78, 5) is 0. The third-order valence-corrected chi connectivity index (χ3v) is 3.96. The van der Waals surface area contributed by atoms with Crippen LogP contribution in [0.25, 0.3) is 11.1 Å². The van der Waals surface area contributed by atoms with Gasteiger partial charge in [-0.25, -0.2) is 0 Å². The van der Waals surface area contributed by atoms with Crippen molar-refractivity contribution >= 4 is 0 Å². The molecule has 1 atom stereocenters. The predicted molar refractivity (Wildman–Crippen MR) is 88.2 cm³/mol. The average Bonchev–Trinajstić information content (AvgIpc) is 2.43. The third-order valence-electron chi connectivity index (χ3n) is 3.96. The van der Waals surface area contributed by atoms with Gasteiger partial charge in [-0.2, -0.15) is 0 Å². The predicted octanol–water partition coefficient (Wildman–Crippen LogP) is 4.51. The molecule has 1 unspecified atom stereocenters. The van der Waals surface area contributed by atoms with Crippen molar-refractivity contribution in [3.05, 3.63) is 59.2 Å². The second kappa shape index (κ2) is 6.71. The number of hydrogen-bond donors (Lipinski definition) is 1. The SMILES string of the molecule is CCNC(C)Cc1ccc(-c2cccc(C)c2C)cc1. The van der Waals surface area contributed by atoms with Crippen LogP contribution in [-0.2, 0) is 6.42 Å². The zero-order chi connectivity index (χ0) is 14.5. The van der Waals surface area contributed by atoms with Crippen molar-refractivity contribution in [2.75, 3.05) is 6.54 Å². The molecule has 106 valence electrons. The molecule has 2 aromatic carbocycles. The Balaban J connectivity index is 2.18. The van der Waals surface area contributed by atoms with E-state index in [1.54, 1.807) is 0 Å². The smallest absolute Gasteiger partial charge is 0.00790 e. The quantitative estimate of drug-likeness (QED) is 0.840. The highest BCUT2D eigenvalue weighted by Crippen LogP contribution is 2.25. The maximum Gasteiger partial charge on any atom is 0.00790 e. The van der Waals surface area contributed by atoms with E-state index in [1.165, 1.54) is 27.8 Å². The second-order valence-corrected chi connectivity index (χ2v) is 5.61. The van der Waals surface area contributed by atoms with Gasteiger partial charge in [0.15, 0.2) is 0 Å². The monoisotopic (exact) mass is 267 g/mol. The highest BCUT2D eigenvalue weighted by Gasteiger charge is 2.05. The lowest BCUT2D eigenvalue weighted by Gasteiger charge is -2.13. The van der Waals surface area contributed by atoms with E-state index in [4.69, 9.17) is 0 Å². The minimum absolute atomic E-state index is 0.534. The Morgan fingerprint density at radius 3 is 2.35 bits per heavy atom. The van der Waals surface area contributed by atoms with Gasteiger partial charge in [-0.3, -0.25) is 0 Å². The number of benzene rings is 2. The van der Waals surface area contributed by atoms with Crippen LogP contribution in [0.3, 0.4) is 0 Å². The van der Waals surface area contributed by atoms with Gasteiger partial charge in [0.1, 0.15) is 0 Å². The Bertz CT molecular complexity index is 554. The summed E-state index contributed by atoms with van der Waals surface area (Å²) in [5.41, 5.74) is 6.78. The lowest BCUT2D eigenvalue weighted by Crippen LogP contribution is -2.27. The third kappa shape index (κ3) is 3.49. The van der Waals surface area contributed by atoms with Crippen molar-refractivity contribution in [1.82, 2.24) is 5.32 Å². The fourth-order valence-electron chi connectivity index (χ4n) is 2.66. The largest absolute Gasteiger partial charge is 0.314 e. The van der Waals surface area contributed by atoms with E-state index in [0.717, 1.165) is 13.0 Å². The van der Waals surface area contributed by atoms with Gasteiger partial charge in [-0.05, 0) is 61.6 Å². The van der Waals surface area contributed by atoms with Crippen molar-refractivity contribution in [3.8, 4) is 11.1 Å². The molecule has 0 aliphatic rings. The van der Waals surface area contributed by atoms with E-state index in [2.05, 4.69) is 75.5 Å². The van der Waals surface area contributed by atoms with Crippen LogP contribution in [0, 0.1) is 13.8 Å². The zero-order valence-electron chi connectivity index (χ0n) is 13.0. The van der Waals surface area contributed by atoms with Gasteiger partial charge in [0, 0.05) is 6.04 Å². The Labute approximate surface area is 123 Å². The first-order chi connectivity index (χ1) is 9.61. The molecular formula is C19H25N. The maximum absolute atomic E-state index is 3.46. The lowest BCUT2D eigenvalue weighted by molar-refractivity contribution is 0.565. The van der Waals surface area contributed by atoms with Crippen molar-refractivity contribution < 1.29 is 0 Å². The molecule has 1 heteroatoms. The van der Waals surface area contributed by atoms with Crippen LogP contribution in [-0.4, -0.2) is 12.6 Å². The highest BCUT2D eigenvalue weighted by atomic mass is 14.9. The van der Waals surface area contributed by atoms with Gasteiger partial charge in [-0.15, -0.1) is 0 Å². The molecule has 0 aromatic heterocycles. The van der Waals surface area contributed by atoms with Crippen molar-refractivity contribution in [2.45, 2.75) is 40.2 Å². The minimum atomic E-state index is 0.534. The molecule has 0 amide bonds. The Kier molecular flexibility index (Phi) is 4.97. The Morgan fingerprint density at radius 1 is 1.00 bits per heavy atom. The number of rotatable bonds is 5. The van der Waals surface area contributed by atoms with Crippen LogP contribution in [0.2, 0.25) is 0 Å². The fourth-order valence-corrected chi connectivity index (χ4v) is 2.66. The average molecular weight is 267 g/mol. The molecule has 2 rings (SSSR count). The highest BCUT2D eigenvalue weighted by molar-refractivity contribution is 5.68. The first-order valence-electron chi connectivity index (χ1n) is 7.50. The molecule has 1 nitrogen and oxygen atoms in total. The molecule has 0 aliphatic heterocycles. The standard InChI is InChI=1S/C19H25N/c1-5-20-15(3)13-17-9-11-18(12-10-17)19-8-6-7-14(2)16(19)4/h6-12,15,20H,5,13H2,1-4H3. The summed E-state index contributed by atoms with van der Waals surface area (Å²) in [6, 6.07) is 16.1. The number of likely N-dealkylation sites (N-methyl/N-ethyl adjacent to an activating group) is 1. The summed E-state index contributed by atoms with van der Waals surface area (Å²) >= 11 is 0. The molecule has 0 saturated carbocycles. The lowest BCUT2D eigenvalue weighted by atomic mass is 9.95. The van der Waals surface area contributed by atoms with Crippen LogP contribution in [0.5, 0.6) is 0 Å². The van der Waals surface area contributed by atoms with E-state index < -0.39 is 0 Å². The number of nitrogens with one attached hydrogen (secondary N) is 1. The molecule has 0 aliphatic carbocycles. The molecule has 0 spiro atoms. The van der Waals surface area contributed by atoms with E-state index in [9.17, 15) is 0 Å². The summed E-state index contributed by atoms with van der Waals surface area (Å²) < 4.78 is 0. The van der Waals surface area contributed by atoms with Gasteiger partial charge in [0.05, 0.1) is 0 Å². The van der Waals surface area contributed by atoms with Gasteiger partial charge >= 0.3 is 0 Å². The minimum Gasteiger partial charge on any atom is -0.314 e. The summed E-state index contributed by atoms with van der Waals surface area (Å²) in [5.74, 6) is 0. The van der Waals surface area contributed by atoms with Gasteiger partial charge in [-0.1, -0.05) is 49.4 Å². The molecule has 1 N–H and O–H groups in total. The van der Waals surface area contributed by atoms with Crippen molar-refractivity contribution in [1.29, 1.82) is 0 Å². The van der Waals surface area contributed by atoms with Crippen LogP contribution >= 0.6 is 0 Å². The van der Waals surface area contributed by atoms with E-state index in [-0.39, 0.29) is 0 Å². The Hall–Kier alpha value is -1.60. The normalized spacial score (nSPS) is 12.4. The van der Waals surface area contributed by atoms with Crippen LogP contribution < -0.4 is 5.32 Å². The zero-order valence-corrected chi connectivity index (χ0v) is 13.0. The maximum atomic E-state index is 3.46. The molecule has 0 heterocycles. The summed E-state index contributed by atoms with van der Waals surface area (Å²) in [7, 11) is 0. The molecule has 0 fully saturated rings. The number of hydrogen-bond acceptors (Lipinski definition) is 1. The molecule has 0 radical (unpaired) electrons. The van der Waals surface area contributed by atoms with Crippen LogP contribution in [0.1, 0.15) is 30.5 Å². The van der Waals surface area contributed by atoms with Gasteiger partial charge < -0.3 is 5.32 Å². The summed E-state index contributed by atoms with van der Waals surface area (Å²) in [6.07, 6.45) is 1.08. The fraction of sp³-hybridized carbons (Fsp3) is 0.368. The van der Waals surface area contributed by atoms with E-state index in [1.807, 2.05) is 0 Å². The second-order valence-electron chi connectivity index (χ2n) is 5.61. The van der Waals surface area contributed by atoms with Gasteiger partial charge in [0.2, 0.25) is 0 Å². The molecule has 20 heavy (non-hydrogen) atoms. The van der Waals surface area contributed by atoms with E-state index >= 15 is 0 Å². The number of aryl methyl sites for hydroxylation is 1. The van der Waals surface area contributed by atoms with Gasteiger partial charge in [0.25, 0.3) is 0 Å². The Morgan fingerprint density at radius 2 is 1.70 bits per heavy atom. The topological polar surface area (TPSA) is 12.0 Å².